The average molecular weight is 380 g/mol. The van der Waals surface area contributed by atoms with Crippen LogP contribution in [0.25, 0.3) is 11.3 Å². The first kappa shape index (κ1) is 18.3. The van der Waals surface area contributed by atoms with Gasteiger partial charge in [-0.3, -0.25) is 14.3 Å². The lowest BCUT2D eigenvalue weighted by Crippen LogP contribution is -2.41. The van der Waals surface area contributed by atoms with Gasteiger partial charge in [-0.2, -0.15) is 0 Å². The van der Waals surface area contributed by atoms with E-state index >= 15 is 0 Å². The quantitative estimate of drug-likeness (QED) is 0.699. The van der Waals surface area contributed by atoms with E-state index in [1.165, 1.54) is 12.1 Å². The Morgan fingerprint density at radius 1 is 1.21 bits per heavy atom. The van der Waals surface area contributed by atoms with Crippen molar-refractivity contribution in [3.63, 3.8) is 0 Å². The van der Waals surface area contributed by atoms with Crippen molar-refractivity contribution in [2.45, 2.75) is 13.0 Å². The van der Waals surface area contributed by atoms with Gasteiger partial charge in [0.1, 0.15) is 11.9 Å². The van der Waals surface area contributed by atoms with Gasteiger partial charge >= 0.3 is 0 Å². The fourth-order valence-corrected chi connectivity index (χ4v) is 3.42. The number of nitrogens with zero attached hydrogens (tertiary/aromatic N) is 4. The fourth-order valence-electron chi connectivity index (χ4n) is 3.42. The number of ether oxygens (including phenoxy) is 1. The van der Waals surface area contributed by atoms with E-state index in [1.807, 2.05) is 17.9 Å². The molecule has 1 aliphatic heterocycles. The maximum absolute atomic E-state index is 13.2. The van der Waals surface area contributed by atoms with Crippen molar-refractivity contribution >= 4 is 5.95 Å². The summed E-state index contributed by atoms with van der Waals surface area (Å²) < 4.78 is 20.6. The van der Waals surface area contributed by atoms with E-state index in [1.54, 1.807) is 42.2 Å². The Morgan fingerprint density at radius 3 is 2.75 bits per heavy atom. The van der Waals surface area contributed by atoms with Crippen molar-refractivity contribution in [2.75, 3.05) is 24.6 Å². The summed E-state index contributed by atoms with van der Waals surface area (Å²) in [5.41, 5.74) is 3.25. The van der Waals surface area contributed by atoms with Gasteiger partial charge in [0.05, 0.1) is 18.8 Å². The van der Waals surface area contributed by atoms with Crippen LogP contribution in [0, 0.1) is 12.7 Å². The first-order chi connectivity index (χ1) is 13.5. The topological polar surface area (TPSA) is 60.2 Å². The second-order valence-electron chi connectivity index (χ2n) is 6.89. The Hall–Kier alpha value is -3.06. The molecule has 0 bridgehead atoms. The molecule has 144 valence electrons. The lowest BCUT2D eigenvalue weighted by Gasteiger charge is -2.34. The van der Waals surface area contributed by atoms with Crippen LogP contribution in [0.4, 0.5) is 10.3 Å². The molecule has 2 aromatic heterocycles. The molecule has 1 aromatic carbocycles. The van der Waals surface area contributed by atoms with Crippen LogP contribution in [0.15, 0.2) is 53.6 Å². The molecule has 7 heteroatoms. The van der Waals surface area contributed by atoms with Crippen molar-refractivity contribution in [2.24, 2.45) is 7.05 Å². The number of aryl methyl sites for hydroxylation is 1. The molecule has 1 atom stereocenters. The molecule has 28 heavy (non-hydrogen) atoms. The van der Waals surface area contributed by atoms with Crippen LogP contribution < -0.4 is 10.5 Å². The number of rotatable bonds is 3. The van der Waals surface area contributed by atoms with Gasteiger partial charge < -0.3 is 9.64 Å². The standard InChI is InChI=1S/C21H21FN4O2/c1-14-12-23-8-7-17(14)18-11-20(27)25(2)21(24-18)26-9-10-28-19(13-26)15-3-5-16(22)6-4-15/h3-8,11-12,19H,9-10,13H2,1-2H3/t19-/m1/s1. The van der Waals surface area contributed by atoms with Crippen molar-refractivity contribution < 1.29 is 9.13 Å². The molecule has 0 N–H and O–H groups in total. The molecule has 3 aromatic rings. The summed E-state index contributed by atoms with van der Waals surface area (Å²) in [7, 11) is 1.72. The summed E-state index contributed by atoms with van der Waals surface area (Å²) in [6.45, 7) is 3.60. The first-order valence-electron chi connectivity index (χ1n) is 9.14. The summed E-state index contributed by atoms with van der Waals surface area (Å²) in [4.78, 5) is 23.5. The predicted octanol–water partition coefficient (Wildman–Crippen LogP) is 2.87. The van der Waals surface area contributed by atoms with E-state index in [4.69, 9.17) is 9.72 Å². The van der Waals surface area contributed by atoms with E-state index in [9.17, 15) is 9.18 Å². The van der Waals surface area contributed by atoms with Gasteiger partial charge in [0.25, 0.3) is 5.56 Å². The Bertz CT molecular complexity index is 1050. The van der Waals surface area contributed by atoms with Crippen LogP contribution in [0.2, 0.25) is 0 Å². The molecular weight excluding hydrogens is 359 g/mol. The third-order valence-electron chi connectivity index (χ3n) is 5.00. The van der Waals surface area contributed by atoms with E-state index in [2.05, 4.69) is 4.98 Å². The zero-order valence-electron chi connectivity index (χ0n) is 15.8. The van der Waals surface area contributed by atoms with E-state index in [0.29, 0.717) is 31.3 Å². The Balaban J connectivity index is 1.69. The summed E-state index contributed by atoms with van der Waals surface area (Å²) in [5, 5.41) is 0. The van der Waals surface area contributed by atoms with Gasteiger partial charge in [0.15, 0.2) is 0 Å². The van der Waals surface area contributed by atoms with Gasteiger partial charge in [-0.15, -0.1) is 0 Å². The normalized spacial score (nSPS) is 17.0. The van der Waals surface area contributed by atoms with Gasteiger partial charge in [-0.25, -0.2) is 9.37 Å². The number of morpholine rings is 1. The van der Waals surface area contributed by atoms with Crippen LogP contribution in [-0.2, 0) is 11.8 Å². The molecule has 1 aliphatic rings. The van der Waals surface area contributed by atoms with E-state index < -0.39 is 0 Å². The molecule has 4 rings (SSSR count). The summed E-state index contributed by atoms with van der Waals surface area (Å²) in [5.74, 6) is 0.315. The molecule has 0 aliphatic carbocycles. The SMILES string of the molecule is Cc1cnccc1-c1cc(=O)n(C)c(N2CCO[C@@H](c3ccc(F)cc3)C2)n1. The van der Waals surface area contributed by atoms with Crippen molar-refractivity contribution in [1.82, 2.24) is 14.5 Å². The average Bonchev–Trinajstić information content (AvgIpc) is 2.71. The van der Waals surface area contributed by atoms with Gasteiger partial charge in [-0.05, 0) is 36.2 Å². The molecule has 1 saturated heterocycles. The molecule has 6 nitrogen and oxygen atoms in total. The van der Waals surface area contributed by atoms with Gasteiger partial charge in [0.2, 0.25) is 5.95 Å². The smallest absolute Gasteiger partial charge is 0.255 e. The number of halogens is 1. The highest BCUT2D eigenvalue weighted by Gasteiger charge is 2.25. The number of hydrogen-bond donors (Lipinski definition) is 0. The highest BCUT2D eigenvalue weighted by Crippen LogP contribution is 2.27. The van der Waals surface area contributed by atoms with Crippen LogP contribution in [0.5, 0.6) is 0 Å². The number of benzene rings is 1. The van der Waals surface area contributed by atoms with E-state index in [-0.39, 0.29) is 17.5 Å². The monoisotopic (exact) mass is 380 g/mol. The van der Waals surface area contributed by atoms with Crippen molar-refractivity contribution in [1.29, 1.82) is 0 Å². The minimum absolute atomic E-state index is 0.124. The van der Waals surface area contributed by atoms with Crippen molar-refractivity contribution in [3.8, 4) is 11.3 Å². The second kappa shape index (κ2) is 7.52. The fraction of sp³-hybridized carbons (Fsp3) is 0.286. The van der Waals surface area contributed by atoms with Crippen LogP contribution in [0.3, 0.4) is 0 Å². The number of anilines is 1. The third kappa shape index (κ3) is 3.53. The van der Waals surface area contributed by atoms with Crippen LogP contribution >= 0.6 is 0 Å². The highest BCUT2D eigenvalue weighted by molar-refractivity contribution is 5.63. The predicted molar refractivity (Wildman–Crippen MR) is 105 cm³/mol. The summed E-state index contributed by atoms with van der Waals surface area (Å²) >= 11 is 0. The molecule has 3 heterocycles. The summed E-state index contributed by atoms with van der Waals surface area (Å²) in [6.07, 6.45) is 3.24. The largest absolute Gasteiger partial charge is 0.370 e. The summed E-state index contributed by atoms with van der Waals surface area (Å²) in [6, 6.07) is 9.72. The minimum atomic E-state index is -0.277. The Labute approximate surface area is 162 Å². The lowest BCUT2D eigenvalue weighted by atomic mass is 10.1. The Morgan fingerprint density at radius 2 is 2.00 bits per heavy atom. The molecule has 0 unspecified atom stereocenters. The van der Waals surface area contributed by atoms with Crippen LogP contribution in [0.1, 0.15) is 17.2 Å². The maximum Gasteiger partial charge on any atom is 0.255 e. The Kier molecular flexibility index (Phi) is 4.92. The third-order valence-corrected chi connectivity index (χ3v) is 5.00. The molecule has 1 fully saturated rings. The van der Waals surface area contributed by atoms with Crippen LogP contribution in [-0.4, -0.2) is 34.2 Å². The molecule has 0 amide bonds. The van der Waals surface area contributed by atoms with Crippen molar-refractivity contribution in [3.05, 3.63) is 76.1 Å². The number of hydrogen-bond acceptors (Lipinski definition) is 5. The number of pyridine rings is 1. The lowest BCUT2D eigenvalue weighted by molar-refractivity contribution is 0.0389. The minimum Gasteiger partial charge on any atom is -0.370 e. The molecule has 0 radical (unpaired) electrons. The molecule has 0 saturated carbocycles. The van der Waals surface area contributed by atoms with Gasteiger partial charge in [0, 0.05) is 37.6 Å². The number of aromatic nitrogens is 3. The van der Waals surface area contributed by atoms with Gasteiger partial charge in [-0.1, -0.05) is 12.1 Å². The van der Waals surface area contributed by atoms with E-state index in [0.717, 1.165) is 16.7 Å². The second-order valence-corrected chi connectivity index (χ2v) is 6.89. The zero-order valence-corrected chi connectivity index (χ0v) is 15.8. The zero-order chi connectivity index (χ0) is 19.7. The molecular formula is C21H21FN4O2. The maximum atomic E-state index is 13.2. The highest BCUT2D eigenvalue weighted by atomic mass is 19.1. The first-order valence-corrected chi connectivity index (χ1v) is 9.14. The molecule has 0 spiro atoms.